The Labute approximate surface area is 95.7 Å². The summed E-state index contributed by atoms with van der Waals surface area (Å²) in [5.74, 6) is -1.76. The number of esters is 1. The predicted molar refractivity (Wildman–Crippen MR) is 60.1 cm³/mol. The number of carboxylic acids is 1. The molecule has 0 radical (unpaired) electrons. The van der Waals surface area contributed by atoms with E-state index in [0.29, 0.717) is 6.61 Å². The number of carbonyl (C=O) groups excluding carboxylic acids is 1. The maximum absolute atomic E-state index is 10.9. The maximum Gasteiger partial charge on any atom is 0.331 e. The smallest absolute Gasteiger partial charge is 0.331 e. The van der Waals surface area contributed by atoms with E-state index < -0.39 is 11.9 Å². The van der Waals surface area contributed by atoms with Gasteiger partial charge in [0.1, 0.15) is 0 Å². The highest BCUT2D eigenvalue weighted by atomic mass is 16.5. The molecule has 92 valence electrons. The van der Waals surface area contributed by atoms with E-state index in [1.807, 2.05) is 0 Å². The lowest BCUT2D eigenvalue weighted by Gasteiger charge is -2.17. The minimum absolute atomic E-state index is 0.319. The first kappa shape index (κ1) is 14.6. The maximum atomic E-state index is 10.9. The minimum atomic E-state index is -1.15. The summed E-state index contributed by atoms with van der Waals surface area (Å²) < 4.78 is 4.82. The molecule has 1 N–H and O–H groups in total. The third kappa shape index (κ3) is 7.99. The molecular weight excluding hydrogens is 210 g/mol. The van der Waals surface area contributed by atoms with Crippen LogP contribution in [0.3, 0.4) is 0 Å². The summed E-state index contributed by atoms with van der Waals surface area (Å²) in [6, 6.07) is 0. The second-order valence-electron chi connectivity index (χ2n) is 3.22. The van der Waals surface area contributed by atoms with E-state index in [0.717, 1.165) is 38.2 Å². The highest BCUT2D eigenvalue weighted by Crippen LogP contribution is 1.92. The summed E-state index contributed by atoms with van der Waals surface area (Å²) in [6.07, 6.45) is 2.45. The highest BCUT2D eigenvalue weighted by molar-refractivity contribution is 5.90. The van der Waals surface area contributed by atoms with Gasteiger partial charge < -0.3 is 14.7 Å². The van der Waals surface area contributed by atoms with Gasteiger partial charge in [-0.25, -0.2) is 9.59 Å². The number of hydrogen-bond acceptors (Lipinski definition) is 4. The van der Waals surface area contributed by atoms with Gasteiger partial charge in [-0.05, 0) is 19.5 Å². The second-order valence-corrected chi connectivity index (χ2v) is 3.22. The van der Waals surface area contributed by atoms with Crippen molar-refractivity contribution in [3.63, 3.8) is 0 Å². The van der Waals surface area contributed by atoms with Crippen molar-refractivity contribution < 1.29 is 19.4 Å². The van der Waals surface area contributed by atoms with Crippen LogP contribution in [0.15, 0.2) is 12.2 Å². The van der Waals surface area contributed by atoms with Crippen LogP contribution >= 0.6 is 0 Å². The monoisotopic (exact) mass is 229 g/mol. The van der Waals surface area contributed by atoms with E-state index >= 15 is 0 Å². The molecule has 0 unspecified atom stereocenters. The fraction of sp³-hybridized carbons (Fsp3) is 0.636. The van der Waals surface area contributed by atoms with E-state index in [-0.39, 0.29) is 0 Å². The molecule has 5 heteroatoms. The largest absolute Gasteiger partial charge is 0.478 e. The molecular formula is C11H19NO4. The van der Waals surface area contributed by atoms with Crippen molar-refractivity contribution in [2.24, 2.45) is 0 Å². The van der Waals surface area contributed by atoms with Crippen molar-refractivity contribution in [3.8, 4) is 0 Å². The van der Waals surface area contributed by atoms with Gasteiger partial charge in [0.15, 0.2) is 0 Å². The highest BCUT2D eigenvalue weighted by Gasteiger charge is 2.01. The molecule has 0 saturated heterocycles. The Morgan fingerprint density at radius 2 is 1.88 bits per heavy atom. The Morgan fingerprint density at radius 1 is 1.25 bits per heavy atom. The molecule has 0 aromatic rings. The number of aliphatic carboxylic acids is 1. The number of carboxylic acid groups (broad SMARTS) is 1. The van der Waals surface area contributed by atoms with Gasteiger partial charge in [0.2, 0.25) is 0 Å². The van der Waals surface area contributed by atoms with E-state index in [9.17, 15) is 9.59 Å². The molecule has 0 aliphatic rings. The number of nitrogens with zero attached hydrogens (tertiary/aromatic N) is 1. The molecule has 16 heavy (non-hydrogen) atoms. The number of ether oxygens (including phenoxy) is 1. The lowest BCUT2D eigenvalue weighted by Crippen LogP contribution is -2.25. The molecule has 0 aromatic carbocycles. The van der Waals surface area contributed by atoms with Crippen molar-refractivity contribution in [1.29, 1.82) is 0 Å². The Hall–Kier alpha value is -1.36. The van der Waals surface area contributed by atoms with Gasteiger partial charge in [-0.2, -0.15) is 0 Å². The van der Waals surface area contributed by atoms with E-state index in [2.05, 4.69) is 18.7 Å². The Bertz CT molecular complexity index is 246. The van der Waals surface area contributed by atoms with Gasteiger partial charge in [-0.15, -0.1) is 0 Å². The van der Waals surface area contributed by atoms with Gasteiger partial charge in [0, 0.05) is 18.7 Å². The lowest BCUT2D eigenvalue weighted by atomic mass is 10.4. The molecule has 0 amide bonds. The molecule has 0 spiro atoms. The van der Waals surface area contributed by atoms with Crippen molar-refractivity contribution in [1.82, 2.24) is 4.90 Å². The van der Waals surface area contributed by atoms with Gasteiger partial charge in [-0.3, -0.25) is 0 Å². The topological polar surface area (TPSA) is 66.8 Å². The summed E-state index contributed by atoms with van der Waals surface area (Å²) in [5, 5.41) is 8.27. The zero-order valence-corrected chi connectivity index (χ0v) is 9.81. The summed E-state index contributed by atoms with van der Waals surface area (Å²) in [4.78, 5) is 23.3. The summed E-state index contributed by atoms with van der Waals surface area (Å²) in [6.45, 7) is 7.30. The van der Waals surface area contributed by atoms with Crippen LogP contribution in [0.1, 0.15) is 20.3 Å². The fourth-order valence-electron chi connectivity index (χ4n) is 1.19. The van der Waals surface area contributed by atoms with Gasteiger partial charge in [-0.1, -0.05) is 13.8 Å². The van der Waals surface area contributed by atoms with Gasteiger partial charge in [0.05, 0.1) is 6.61 Å². The third-order valence-corrected chi connectivity index (χ3v) is 2.12. The van der Waals surface area contributed by atoms with Crippen molar-refractivity contribution >= 4 is 11.9 Å². The van der Waals surface area contributed by atoms with Crippen LogP contribution < -0.4 is 0 Å². The molecule has 0 saturated carbocycles. The molecule has 0 heterocycles. The van der Waals surface area contributed by atoms with Crippen LogP contribution in [0.4, 0.5) is 0 Å². The summed E-state index contributed by atoms with van der Waals surface area (Å²) >= 11 is 0. The molecule has 0 fully saturated rings. The van der Waals surface area contributed by atoms with Crippen LogP contribution in [-0.2, 0) is 14.3 Å². The Morgan fingerprint density at radius 3 is 2.38 bits per heavy atom. The first-order chi connectivity index (χ1) is 7.60. The zero-order chi connectivity index (χ0) is 12.4. The molecule has 0 aromatic heterocycles. The average molecular weight is 229 g/mol. The fourth-order valence-corrected chi connectivity index (χ4v) is 1.19. The van der Waals surface area contributed by atoms with Crippen LogP contribution in [0.5, 0.6) is 0 Å². The van der Waals surface area contributed by atoms with Gasteiger partial charge >= 0.3 is 11.9 Å². The normalized spacial score (nSPS) is 10.9. The second kappa shape index (κ2) is 8.91. The predicted octanol–water partition coefficient (Wildman–Crippen LogP) is 0.902. The number of carbonyl (C=O) groups is 2. The van der Waals surface area contributed by atoms with Crippen LogP contribution in [0, 0.1) is 0 Å². The summed E-state index contributed by atoms with van der Waals surface area (Å²) in [7, 11) is 0. The van der Waals surface area contributed by atoms with Crippen molar-refractivity contribution in [2.45, 2.75) is 20.3 Å². The molecule has 0 bridgehead atoms. The molecule has 5 nitrogen and oxygen atoms in total. The van der Waals surface area contributed by atoms with Crippen LogP contribution in [0.2, 0.25) is 0 Å². The molecule has 0 aliphatic heterocycles. The molecule has 0 rings (SSSR count). The number of hydrogen-bond donors (Lipinski definition) is 1. The average Bonchev–Trinajstić information content (AvgIpc) is 2.26. The van der Waals surface area contributed by atoms with Gasteiger partial charge in [0.25, 0.3) is 0 Å². The quantitative estimate of drug-likeness (QED) is 0.380. The van der Waals surface area contributed by atoms with E-state index in [1.54, 1.807) is 0 Å². The SMILES string of the molecule is CCN(CC)CCCOC(=O)/C=C/C(=O)O. The first-order valence-corrected chi connectivity index (χ1v) is 5.40. The standard InChI is InChI=1S/C11H19NO4/c1-3-12(4-2)8-5-9-16-11(15)7-6-10(13)14/h6-7H,3-5,8-9H2,1-2H3,(H,13,14)/b7-6+. The minimum Gasteiger partial charge on any atom is -0.478 e. The van der Waals surface area contributed by atoms with Crippen molar-refractivity contribution in [3.05, 3.63) is 12.2 Å². The molecule has 0 atom stereocenters. The Balaban J connectivity index is 3.58. The Kier molecular flexibility index (Phi) is 8.15. The van der Waals surface area contributed by atoms with Crippen molar-refractivity contribution in [2.75, 3.05) is 26.2 Å². The third-order valence-electron chi connectivity index (χ3n) is 2.12. The molecule has 0 aliphatic carbocycles. The first-order valence-electron chi connectivity index (χ1n) is 5.40. The zero-order valence-electron chi connectivity index (χ0n) is 9.81. The summed E-state index contributed by atoms with van der Waals surface area (Å²) in [5.41, 5.74) is 0. The lowest BCUT2D eigenvalue weighted by molar-refractivity contribution is -0.138. The van der Waals surface area contributed by atoms with E-state index in [1.165, 1.54) is 0 Å². The number of rotatable bonds is 8. The van der Waals surface area contributed by atoms with Crippen LogP contribution in [-0.4, -0.2) is 48.2 Å². The van der Waals surface area contributed by atoms with E-state index in [4.69, 9.17) is 9.84 Å². The van der Waals surface area contributed by atoms with Crippen LogP contribution in [0.25, 0.3) is 0 Å².